The number of ether oxygens (including phenoxy) is 1. The number of amides is 1. The first-order chi connectivity index (χ1) is 12.6. The predicted molar refractivity (Wildman–Crippen MR) is 102 cm³/mol. The van der Waals surface area contributed by atoms with Gasteiger partial charge in [0.2, 0.25) is 5.13 Å². The van der Waals surface area contributed by atoms with Crippen molar-refractivity contribution in [1.29, 1.82) is 0 Å². The molecule has 3 aromatic rings. The highest BCUT2D eigenvalue weighted by Gasteiger charge is 2.10. The Balaban J connectivity index is 1.65. The fourth-order valence-corrected chi connectivity index (χ4v) is 2.98. The number of nitrogens with one attached hydrogen (secondary N) is 1. The van der Waals surface area contributed by atoms with Gasteiger partial charge in [0.1, 0.15) is 17.1 Å². The van der Waals surface area contributed by atoms with E-state index in [4.69, 9.17) is 4.74 Å². The van der Waals surface area contributed by atoms with Gasteiger partial charge in [-0.3, -0.25) is 10.1 Å². The molecule has 134 valence electrons. The Hall–Kier alpha value is -3.00. The topological polar surface area (TPSA) is 80.2 Å². The molecule has 0 aliphatic rings. The molecule has 0 atom stereocenters. The molecule has 1 aromatic carbocycles. The number of pyridine rings is 1. The molecule has 1 amide bonds. The van der Waals surface area contributed by atoms with E-state index >= 15 is 0 Å². The van der Waals surface area contributed by atoms with E-state index in [9.17, 15) is 4.79 Å². The number of benzene rings is 1. The first-order valence-electron chi connectivity index (χ1n) is 7.95. The number of hydrogen-bond donors (Lipinski definition) is 1. The smallest absolute Gasteiger partial charge is 0.259 e. The summed E-state index contributed by atoms with van der Waals surface area (Å²) >= 11 is 1.27. The molecule has 7 nitrogen and oxygen atoms in total. The highest BCUT2D eigenvalue weighted by atomic mass is 32.1. The van der Waals surface area contributed by atoms with Gasteiger partial charge in [0.05, 0.1) is 12.7 Å². The summed E-state index contributed by atoms with van der Waals surface area (Å²) < 4.78 is 5.29. The van der Waals surface area contributed by atoms with Crippen molar-refractivity contribution in [2.24, 2.45) is 0 Å². The Morgan fingerprint density at radius 3 is 2.77 bits per heavy atom. The lowest BCUT2D eigenvalue weighted by atomic mass is 10.1. The Morgan fingerprint density at radius 1 is 1.31 bits per heavy atom. The zero-order valence-corrected chi connectivity index (χ0v) is 15.6. The van der Waals surface area contributed by atoms with Crippen LogP contribution in [0, 0.1) is 6.92 Å². The second-order valence-corrected chi connectivity index (χ2v) is 6.60. The number of carbonyl (C=O) groups excluding carboxylic acids is 1. The van der Waals surface area contributed by atoms with Crippen molar-refractivity contribution in [3.05, 3.63) is 58.7 Å². The van der Waals surface area contributed by atoms with Crippen LogP contribution in [0.1, 0.15) is 21.5 Å². The van der Waals surface area contributed by atoms with Gasteiger partial charge in [-0.15, -0.1) is 10.2 Å². The molecule has 0 saturated heterocycles. The molecule has 3 rings (SSSR count). The first kappa shape index (κ1) is 17.8. The van der Waals surface area contributed by atoms with Gasteiger partial charge < -0.3 is 9.64 Å². The maximum atomic E-state index is 12.1. The van der Waals surface area contributed by atoms with E-state index in [0.29, 0.717) is 17.2 Å². The van der Waals surface area contributed by atoms with E-state index in [1.165, 1.54) is 11.3 Å². The minimum Gasteiger partial charge on any atom is -0.496 e. The Morgan fingerprint density at radius 2 is 2.15 bits per heavy atom. The third kappa shape index (κ3) is 4.15. The largest absolute Gasteiger partial charge is 0.496 e. The van der Waals surface area contributed by atoms with Crippen molar-refractivity contribution in [2.75, 3.05) is 24.4 Å². The van der Waals surface area contributed by atoms with Crippen LogP contribution in [0.2, 0.25) is 0 Å². The predicted octanol–water partition coefficient (Wildman–Crippen LogP) is 3.14. The van der Waals surface area contributed by atoms with Gasteiger partial charge in [0, 0.05) is 19.8 Å². The van der Waals surface area contributed by atoms with E-state index in [1.807, 2.05) is 37.1 Å². The van der Waals surface area contributed by atoms with Gasteiger partial charge in [-0.2, -0.15) is 0 Å². The van der Waals surface area contributed by atoms with Crippen LogP contribution in [-0.4, -0.2) is 35.2 Å². The maximum Gasteiger partial charge on any atom is 0.259 e. The van der Waals surface area contributed by atoms with Crippen LogP contribution in [0.3, 0.4) is 0 Å². The maximum absolute atomic E-state index is 12.1. The lowest BCUT2D eigenvalue weighted by Crippen LogP contribution is -2.18. The van der Waals surface area contributed by atoms with E-state index in [1.54, 1.807) is 24.9 Å². The second kappa shape index (κ2) is 7.92. The third-order valence-corrected chi connectivity index (χ3v) is 4.47. The lowest BCUT2D eigenvalue weighted by molar-refractivity contribution is 0.102. The van der Waals surface area contributed by atoms with Crippen molar-refractivity contribution in [3.63, 3.8) is 0 Å². The monoisotopic (exact) mass is 369 g/mol. The highest BCUT2D eigenvalue weighted by molar-refractivity contribution is 7.13. The molecule has 8 heteroatoms. The van der Waals surface area contributed by atoms with E-state index in [2.05, 4.69) is 26.6 Å². The van der Waals surface area contributed by atoms with E-state index in [0.717, 1.165) is 22.7 Å². The van der Waals surface area contributed by atoms with E-state index in [-0.39, 0.29) is 5.91 Å². The zero-order valence-electron chi connectivity index (χ0n) is 14.8. The Labute approximate surface area is 155 Å². The summed E-state index contributed by atoms with van der Waals surface area (Å²) in [6, 6.07) is 9.66. The zero-order chi connectivity index (χ0) is 18.5. The molecule has 26 heavy (non-hydrogen) atoms. The van der Waals surface area contributed by atoms with Crippen LogP contribution in [0.5, 0.6) is 5.75 Å². The minimum atomic E-state index is -0.255. The molecule has 0 aliphatic carbocycles. The van der Waals surface area contributed by atoms with Crippen molar-refractivity contribution in [3.8, 4) is 5.75 Å². The highest BCUT2D eigenvalue weighted by Crippen LogP contribution is 2.21. The average molecular weight is 369 g/mol. The number of rotatable bonds is 6. The van der Waals surface area contributed by atoms with Crippen LogP contribution in [0.25, 0.3) is 0 Å². The summed E-state index contributed by atoms with van der Waals surface area (Å²) in [5.41, 5.74) is 4.28. The fraction of sp³-hybridized carbons (Fsp3) is 0.222. The first-order valence-corrected chi connectivity index (χ1v) is 8.83. The van der Waals surface area contributed by atoms with Gasteiger partial charge in [0.15, 0.2) is 0 Å². The molecule has 0 spiro atoms. The molecule has 0 unspecified atom stereocenters. The molecule has 0 bridgehead atoms. The number of aromatic nitrogens is 3. The summed E-state index contributed by atoms with van der Waals surface area (Å²) in [6.45, 7) is 2.72. The standard InChI is InChI=1S/C18H19N5O2S/c1-12-8-13(4-6-15(12)25-3)10-23(2)16-7-5-14(9-19-16)17(24)21-18-22-20-11-26-18/h4-9,11H,10H2,1-3H3,(H,21,22,24). The average Bonchev–Trinajstić information content (AvgIpc) is 3.15. The van der Waals surface area contributed by atoms with Crippen LogP contribution < -0.4 is 15.0 Å². The van der Waals surface area contributed by atoms with Crippen molar-refractivity contribution in [1.82, 2.24) is 15.2 Å². The molecule has 0 aliphatic heterocycles. The van der Waals surface area contributed by atoms with Crippen LogP contribution in [0.15, 0.2) is 42.0 Å². The van der Waals surface area contributed by atoms with Crippen LogP contribution in [-0.2, 0) is 6.54 Å². The number of methoxy groups -OCH3 is 1. The van der Waals surface area contributed by atoms with Crippen LogP contribution >= 0.6 is 11.3 Å². The molecule has 1 N–H and O–H groups in total. The van der Waals surface area contributed by atoms with Crippen molar-refractivity contribution >= 4 is 28.2 Å². The lowest BCUT2D eigenvalue weighted by Gasteiger charge is -2.19. The summed E-state index contributed by atoms with van der Waals surface area (Å²) in [6.07, 6.45) is 1.56. The van der Waals surface area contributed by atoms with Gasteiger partial charge in [-0.25, -0.2) is 4.98 Å². The number of anilines is 2. The molecule has 2 heterocycles. The summed E-state index contributed by atoms with van der Waals surface area (Å²) in [5.74, 6) is 1.40. The fourth-order valence-electron chi connectivity index (χ4n) is 2.54. The number of nitrogens with zero attached hydrogens (tertiary/aromatic N) is 4. The number of carbonyl (C=O) groups is 1. The SMILES string of the molecule is COc1ccc(CN(C)c2ccc(C(=O)Nc3nncs3)cn2)cc1C. The third-order valence-electron chi connectivity index (χ3n) is 3.86. The summed E-state index contributed by atoms with van der Waals surface area (Å²) in [4.78, 5) is 18.6. The van der Waals surface area contributed by atoms with Crippen molar-refractivity contribution < 1.29 is 9.53 Å². The molecule has 2 aromatic heterocycles. The molecular weight excluding hydrogens is 350 g/mol. The summed E-state index contributed by atoms with van der Waals surface area (Å²) in [5, 5.41) is 10.6. The van der Waals surface area contributed by atoms with Gasteiger partial charge in [0.25, 0.3) is 5.91 Å². The van der Waals surface area contributed by atoms with Crippen molar-refractivity contribution in [2.45, 2.75) is 13.5 Å². The van der Waals surface area contributed by atoms with Gasteiger partial charge in [-0.1, -0.05) is 23.5 Å². The number of hydrogen-bond acceptors (Lipinski definition) is 7. The Kier molecular flexibility index (Phi) is 5.43. The Bertz CT molecular complexity index is 881. The van der Waals surface area contributed by atoms with E-state index < -0.39 is 0 Å². The quantitative estimate of drug-likeness (QED) is 0.719. The molecule has 0 radical (unpaired) electrons. The molecule has 0 saturated carbocycles. The van der Waals surface area contributed by atoms with Gasteiger partial charge >= 0.3 is 0 Å². The van der Waals surface area contributed by atoms with Gasteiger partial charge in [-0.05, 0) is 36.2 Å². The second-order valence-electron chi connectivity index (χ2n) is 5.76. The minimum absolute atomic E-state index is 0.255. The summed E-state index contributed by atoms with van der Waals surface area (Å²) in [7, 11) is 3.63. The number of aryl methyl sites for hydroxylation is 1. The molecule has 0 fully saturated rings. The normalized spacial score (nSPS) is 10.4. The van der Waals surface area contributed by atoms with Crippen LogP contribution in [0.4, 0.5) is 10.9 Å². The molecular formula is C18H19N5O2S.